The van der Waals surface area contributed by atoms with Crippen LogP contribution in [0.1, 0.15) is 38.2 Å². The van der Waals surface area contributed by atoms with Crippen molar-refractivity contribution in [3.63, 3.8) is 0 Å². The van der Waals surface area contributed by atoms with E-state index in [9.17, 15) is 4.79 Å². The molecule has 0 spiro atoms. The van der Waals surface area contributed by atoms with Gasteiger partial charge in [-0.3, -0.25) is 9.78 Å². The summed E-state index contributed by atoms with van der Waals surface area (Å²) < 4.78 is 5.62. The summed E-state index contributed by atoms with van der Waals surface area (Å²) in [7, 11) is 0. The van der Waals surface area contributed by atoms with Crippen LogP contribution in [0.3, 0.4) is 0 Å². The predicted molar refractivity (Wildman–Crippen MR) is 96.6 cm³/mol. The van der Waals surface area contributed by atoms with E-state index in [0.717, 1.165) is 48.8 Å². The van der Waals surface area contributed by atoms with Gasteiger partial charge in [-0.1, -0.05) is 18.2 Å². The largest absolute Gasteiger partial charge is 0.378 e. The smallest absolute Gasteiger partial charge is 0.244 e. The molecule has 2 heterocycles. The first kappa shape index (κ1) is 16.7. The van der Waals surface area contributed by atoms with E-state index in [1.807, 2.05) is 43.3 Å². The lowest BCUT2D eigenvalue weighted by molar-refractivity contribution is -0.117. The number of pyridine rings is 1. The number of benzene rings is 1. The molecule has 24 heavy (non-hydrogen) atoms. The Morgan fingerprint density at radius 3 is 3.12 bits per heavy atom. The zero-order valence-electron chi connectivity index (χ0n) is 14.1. The highest BCUT2D eigenvalue weighted by atomic mass is 16.5. The summed E-state index contributed by atoms with van der Waals surface area (Å²) in [5.74, 6) is -0.0595. The molecular weight excluding hydrogens is 300 g/mol. The maximum absolute atomic E-state index is 12.1. The molecule has 2 unspecified atom stereocenters. The van der Waals surface area contributed by atoms with Crippen LogP contribution in [0.2, 0.25) is 0 Å². The lowest BCUT2D eigenvalue weighted by atomic mass is 10.1. The first-order chi connectivity index (χ1) is 11.7. The molecule has 2 atom stereocenters. The monoisotopic (exact) mass is 324 g/mol. The molecule has 3 rings (SSSR count). The van der Waals surface area contributed by atoms with Gasteiger partial charge in [-0.2, -0.15) is 0 Å². The first-order valence-electron chi connectivity index (χ1n) is 8.66. The standard InChI is InChI=1S/C20H24N2O2/c1-15(8-10-17-5-4-14-24-17)22-20(23)11-9-16-12-13-21-19-7-3-2-6-18(16)19/h2-3,6-7,9,11-13,15,17H,4-5,8,10,14H2,1H3,(H,22,23). The number of nitrogens with zero attached hydrogens (tertiary/aromatic N) is 1. The lowest BCUT2D eigenvalue weighted by Crippen LogP contribution is -2.31. The fraction of sp³-hybridized carbons (Fsp3) is 0.400. The Kier molecular flexibility index (Phi) is 5.59. The Bertz CT molecular complexity index is 715. The minimum atomic E-state index is -0.0595. The Labute approximate surface area is 142 Å². The molecule has 0 saturated carbocycles. The van der Waals surface area contributed by atoms with Crippen molar-refractivity contribution in [3.8, 4) is 0 Å². The van der Waals surface area contributed by atoms with Gasteiger partial charge < -0.3 is 10.1 Å². The number of nitrogens with one attached hydrogen (secondary N) is 1. The molecule has 1 aliphatic heterocycles. The van der Waals surface area contributed by atoms with Crippen molar-refractivity contribution >= 4 is 22.9 Å². The minimum absolute atomic E-state index is 0.0595. The topological polar surface area (TPSA) is 51.2 Å². The Balaban J connectivity index is 1.54. The van der Waals surface area contributed by atoms with Crippen LogP contribution in [0.4, 0.5) is 0 Å². The van der Waals surface area contributed by atoms with E-state index in [1.54, 1.807) is 12.3 Å². The SMILES string of the molecule is CC(CCC1CCCO1)NC(=O)C=Cc1ccnc2ccccc12. The van der Waals surface area contributed by atoms with Crippen molar-refractivity contribution in [2.24, 2.45) is 0 Å². The quantitative estimate of drug-likeness (QED) is 0.824. The van der Waals surface area contributed by atoms with E-state index < -0.39 is 0 Å². The van der Waals surface area contributed by atoms with Crippen molar-refractivity contribution in [2.45, 2.75) is 44.8 Å². The summed E-state index contributed by atoms with van der Waals surface area (Å²) >= 11 is 0. The van der Waals surface area contributed by atoms with Gasteiger partial charge >= 0.3 is 0 Å². The van der Waals surface area contributed by atoms with Crippen molar-refractivity contribution in [1.29, 1.82) is 0 Å². The molecule has 1 aliphatic rings. The fourth-order valence-corrected chi connectivity index (χ4v) is 3.10. The molecule has 1 aromatic heterocycles. The third-order valence-electron chi connectivity index (χ3n) is 4.43. The summed E-state index contributed by atoms with van der Waals surface area (Å²) in [5, 5.41) is 4.08. The molecule has 0 radical (unpaired) electrons. The second-order valence-corrected chi connectivity index (χ2v) is 6.37. The van der Waals surface area contributed by atoms with E-state index in [4.69, 9.17) is 4.74 Å². The van der Waals surface area contributed by atoms with Crippen molar-refractivity contribution < 1.29 is 9.53 Å². The number of hydrogen-bond acceptors (Lipinski definition) is 3. The molecule has 4 nitrogen and oxygen atoms in total. The van der Waals surface area contributed by atoms with Gasteiger partial charge in [-0.05, 0) is 56.4 Å². The maximum atomic E-state index is 12.1. The highest BCUT2D eigenvalue weighted by Gasteiger charge is 2.16. The van der Waals surface area contributed by atoms with Gasteiger partial charge in [0, 0.05) is 30.3 Å². The third-order valence-corrected chi connectivity index (χ3v) is 4.43. The Morgan fingerprint density at radius 2 is 2.29 bits per heavy atom. The summed E-state index contributed by atoms with van der Waals surface area (Å²) in [6, 6.07) is 10.0. The van der Waals surface area contributed by atoms with Crippen LogP contribution in [0.25, 0.3) is 17.0 Å². The number of rotatable bonds is 6. The van der Waals surface area contributed by atoms with Crippen LogP contribution in [0.5, 0.6) is 0 Å². The van der Waals surface area contributed by atoms with Crippen molar-refractivity contribution in [1.82, 2.24) is 10.3 Å². The van der Waals surface area contributed by atoms with Crippen LogP contribution in [0.15, 0.2) is 42.6 Å². The van der Waals surface area contributed by atoms with Crippen LogP contribution in [-0.2, 0) is 9.53 Å². The van der Waals surface area contributed by atoms with Gasteiger partial charge in [0.15, 0.2) is 0 Å². The maximum Gasteiger partial charge on any atom is 0.244 e. The predicted octanol–water partition coefficient (Wildman–Crippen LogP) is 3.71. The first-order valence-corrected chi connectivity index (χ1v) is 8.66. The van der Waals surface area contributed by atoms with Crippen molar-refractivity contribution in [3.05, 3.63) is 48.2 Å². The molecule has 1 fully saturated rings. The van der Waals surface area contributed by atoms with Gasteiger partial charge in [0.1, 0.15) is 0 Å². The number of carbonyl (C=O) groups excluding carboxylic acids is 1. The van der Waals surface area contributed by atoms with Gasteiger partial charge in [0.05, 0.1) is 11.6 Å². The van der Waals surface area contributed by atoms with E-state index in [-0.39, 0.29) is 11.9 Å². The van der Waals surface area contributed by atoms with Gasteiger partial charge in [-0.15, -0.1) is 0 Å². The van der Waals surface area contributed by atoms with Gasteiger partial charge in [0.25, 0.3) is 0 Å². The average Bonchev–Trinajstić information content (AvgIpc) is 3.11. The zero-order chi connectivity index (χ0) is 16.8. The number of fused-ring (bicyclic) bond motifs is 1. The van der Waals surface area contributed by atoms with Crippen LogP contribution in [0, 0.1) is 0 Å². The number of amides is 1. The molecule has 0 bridgehead atoms. The normalized spacial score (nSPS) is 19.0. The molecule has 1 aromatic carbocycles. The number of carbonyl (C=O) groups is 1. The van der Waals surface area contributed by atoms with E-state index in [1.165, 1.54) is 0 Å². The van der Waals surface area contributed by atoms with E-state index >= 15 is 0 Å². The number of para-hydroxylation sites is 1. The van der Waals surface area contributed by atoms with E-state index in [2.05, 4.69) is 10.3 Å². The molecule has 2 aromatic rings. The second kappa shape index (κ2) is 8.06. The number of hydrogen-bond donors (Lipinski definition) is 1. The van der Waals surface area contributed by atoms with Crippen molar-refractivity contribution in [2.75, 3.05) is 6.61 Å². The molecule has 0 aliphatic carbocycles. The van der Waals surface area contributed by atoms with E-state index in [0.29, 0.717) is 6.10 Å². The number of aromatic nitrogens is 1. The summed E-state index contributed by atoms with van der Waals surface area (Å²) in [6.07, 6.45) is 9.87. The van der Waals surface area contributed by atoms with Gasteiger partial charge in [0.2, 0.25) is 5.91 Å². The molecule has 1 amide bonds. The highest BCUT2D eigenvalue weighted by molar-refractivity contribution is 5.95. The van der Waals surface area contributed by atoms with Crippen LogP contribution in [-0.4, -0.2) is 29.6 Å². The second-order valence-electron chi connectivity index (χ2n) is 6.37. The van der Waals surface area contributed by atoms with Gasteiger partial charge in [-0.25, -0.2) is 0 Å². The van der Waals surface area contributed by atoms with Crippen LogP contribution < -0.4 is 5.32 Å². The molecule has 1 saturated heterocycles. The molecule has 4 heteroatoms. The summed E-state index contributed by atoms with van der Waals surface area (Å²) in [6.45, 7) is 2.93. The number of ether oxygens (including phenoxy) is 1. The highest BCUT2D eigenvalue weighted by Crippen LogP contribution is 2.18. The van der Waals surface area contributed by atoms with Crippen LogP contribution >= 0.6 is 0 Å². The third kappa shape index (κ3) is 4.42. The molecule has 1 N–H and O–H groups in total. The average molecular weight is 324 g/mol. The lowest BCUT2D eigenvalue weighted by Gasteiger charge is -2.15. The summed E-state index contributed by atoms with van der Waals surface area (Å²) in [5.41, 5.74) is 1.94. The zero-order valence-corrected chi connectivity index (χ0v) is 14.1. The Morgan fingerprint density at radius 1 is 1.42 bits per heavy atom. The molecular formula is C20H24N2O2. The Hall–Kier alpha value is -2.20. The fourth-order valence-electron chi connectivity index (χ4n) is 3.10. The minimum Gasteiger partial charge on any atom is -0.378 e. The summed E-state index contributed by atoms with van der Waals surface area (Å²) in [4.78, 5) is 16.4. The molecule has 126 valence electrons.